The van der Waals surface area contributed by atoms with E-state index in [4.69, 9.17) is 5.11 Å². The van der Waals surface area contributed by atoms with Crippen molar-refractivity contribution >= 4 is 16.0 Å². The highest BCUT2D eigenvalue weighted by Crippen LogP contribution is 2.17. The molecule has 19 heavy (non-hydrogen) atoms. The predicted molar refractivity (Wildman–Crippen MR) is 69.3 cm³/mol. The van der Waals surface area contributed by atoms with Crippen LogP contribution >= 0.6 is 0 Å². The number of rotatable bonds is 5. The zero-order chi connectivity index (χ0) is 14.6. The fourth-order valence-electron chi connectivity index (χ4n) is 1.40. The Hall–Kier alpha value is -1.44. The third-order valence-corrected chi connectivity index (χ3v) is 4.82. The molecule has 0 aromatic heterocycles. The first-order valence-electron chi connectivity index (χ1n) is 5.62. The summed E-state index contributed by atoms with van der Waals surface area (Å²) in [4.78, 5) is 11.3. The first-order valence-corrected chi connectivity index (χ1v) is 7.06. The minimum atomic E-state index is -3.68. The van der Waals surface area contributed by atoms with E-state index in [1.807, 2.05) is 0 Å². The van der Waals surface area contributed by atoms with Gasteiger partial charge in [-0.15, -0.1) is 0 Å². The lowest BCUT2D eigenvalue weighted by molar-refractivity contribution is 0.0600. The third kappa shape index (κ3) is 3.31. The number of hydrogen-bond donors (Lipinski definition) is 1. The molecule has 106 valence electrons. The Balaban J connectivity index is 3.06. The molecule has 0 radical (unpaired) electrons. The van der Waals surface area contributed by atoms with Gasteiger partial charge in [-0.25, -0.2) is 13.2 Å². The van der Waals surface area contributed by atoms with Crippen LogP contribution in [0.5, 0.6) is 0 Å². The average Bonchev–Trinajstić information content (AvgIpc) is 2.44. The van der Waals surface area contributed by atoms with Crippen molar-refractivity contribution in [3.8, 4) is 0 Å². The monoisotopic (exact) mass is 287 g/mol. The molecule has 0 aliphatic heterocycles. The summed E-state index contributed by atoms with van der Waals surface area (Å²) >= 11 is 0. The zero-order valence-electron chi connectivity index (χ0n) is 11.0. The van der Waals surface area contributed by atoms with Crippen LogP contribution in [0.2, 0.25) is 0 Å². The SMILES string of the molecule is COC(=O)c1ccc(S(=O)(=O)N(C)C(C)CO)cc1. The molecule has 0 fully saturated rings. The maximum Gasteiger partial charge on any atom is 0.337 e. The van der Waals surface area contributed by atoms with E-state index < -0.39 is 22.0 Å². The molecule has 1 atom stereocenters. The van der Waals surface area contributed by atoms with Gasteiger partial charge >= 0.3 is 5.97 Å². The quantitative estimate of drug-likeness (QED) is 0.796. The third-order valence-electron chi connectivity index (χ3n) is 2.84. The summed E-state index contributed by atoms with van der Waals surface area (Å²) in [6, 6.07) is 4.92. The van der Waals surface area contributed by atoms with Crippen LogP contribution in [0.1, 0.15) is 17.3 Å². The van der Waals surface area contributed by atoms with E-state index in [-0.39, 0.29) is 17.1 Å². The smallest absolute Gasteiger partial charge is 0.337 e. The average molecular weight is 287 g/mol. The van der Waals surface area contributed by atoms with Gasteiger partial charge in [-0.1, -0.05) is 0 Å². The standard InChI is InChI=1S/C12H17NO5S/c1-9(8-14)13(2)19(16,17)11-6-4-10(5-7-11)12(15)18-3/h4-7,9,14H,8H2,1-3H3. The van der Waals surface area contributed by atoms with Gasteiger partial charge < -0.3 is 9.84 Å². The highest BCUT2D eigenvalue weighted by molar-refractivity contribution is 7.89. The molecule has 1 N–H and O–H groups in total. The molecule has 7 heteroatoms. The lowest BCUT2D eigenvalue weighted by atomic mass is 10.2. The molecular weight excluding hydrogens is 270 g/mol. The maximum atomic E-state index is 12.2. The molecular formula is C12H17NO5S. The van der Waals surface area contributed by atoms with E-state index >= 15 is 0 Å². The van der Waals surface area contributed by atoms with Crippen LogP contribution in [0.4, 0.5) is 0 Å². The fourth-order valence-corrected chi connectivity index (χ4v) is 2.75. The van der Waals surface area contributed by atoms with Gasteiger partial charge in [-0.3, -0.25) is 0 Å². The van der Waals surface area contributed by atoms with Crippen LogP contribution in [0, 0.1) is 0 Å². The summed E-state index contributed by atoms with van der Waals surface area (Å²) < 4.78 is 30.0. The van der Waals surface area contributed by atoms with E-state index in [1.54, 1.807) is 6.92 Å². The molecule has 1 aromatic rings. The highest BCUT2D eigenvalue weighted by atomic mass is 32.2. The van der Waals surface area contributed by atoms with Crippen molar-refractivity contribution in [1.82, 2.24) is 4.31 Å². The summed E-state index contributed by atoms with van der Waals surface area (Å²) in [5.74, 6) is -0.527. The van der Waals surface area contributed by atoms with Gasteiger partial charge in [0.2, 0.25) is 10.0 Å². The largest absolute Gasteiger partial charge is 0.465 e. The number of carbonyl (C=O) groups excluding carboxylic acids is 1. The number of nitrogens with zero attached hydrogens (tertiary/aromatic N) is 1. The second kappa shape index (κ2) is 6.14. The van der Waals surface area contributed by atoms with Gasteiger partial charge in [-0.05, 0) is 31.2 Å². The minimum Gasteiger partial charge on any atom is -0.465 e. The van der Waals surface area contributed by atoms with Crippen LogP contribution < -0.4 is 0 Å². The Kier molecular flexibility index (Phi) is 5.04. The Bertz CT molecular complexity index is 538. The Morgan fingerprint density at radius 3 is 2.32 bits per heavy atom. The van der Waals surface area contributed by atoms with Gasteiger partial charge in [0.15, 0.2) is 0 Å². The van der Waals surface area contributed by atoms with E-state index in [0.29, 0.717) is 0 Å². The first kappa shape index (κ1) is 15.6. The number of hydrogen-bond acceptors (Lipinski definition) is 5. The van der Waals surface area contributed by atoms with Crippen LogP contribution in [0.3, 0.4) is 0 Å². The molecule has 0 aliphatic rings. The summed E-state index contributed by atoms with van der Waals surface area (Å²) in [5, 5.41) is 9.00. The summed E-state index contributed by atoms with van der Waals surface area (Å²) in [6.45, 7) is 1.33. The molecule has 0 spiro atoms. The zero-order valence-corrected chi connectivity index (χ0v) is 11.8. The van der Waals surface area contributed by atoms with Crippen LogP contribution in [-0.4, -0.2) is 50.6 Å². The normalized spacial score (nSPS) is 13.3. The number of sulfonamides is 1. The summed E-state index contributed by atoms with van der Waals surface area (Å²) in [7, 11) is -1.03. The van der Waals surface area contributed by atoms with E-state index in [1.165, 1.54) is 38.4 Å². The fraction of sp³-hybridized carbons (Fsp3) is 0.417. The lowest BCUT2D eigenvalue weighted by Crippen LogP contribution is -2.37. The number of likely N-dealkylation sites (N-methyl/N-ethyl adjacent to an activating group) is 1. The van der Waals surface area contributed by atoms with Crippen LogP contribution in [-0.2, 0) is 14.8 Å². The number of benzene rings is 1. The van der Waals surface area contributed by atoms with E-state index in [0.717, 1.165) is 4.31 Å². The number of aliphatic hydroxyl groups is 1. The van der Waals surface area contributed by atoms with Gasteiger partial charge in [0.25, 0.3) is 0 Å². The van der Waals surface area contributed by atoms with Gasteiger partial charge in [0, 0.05) is 13.1 Å². The lowest BCUT2D eigenvalue weighted by Gasteiger charge is -2.22. The molecule has 1 rings (SSSR count). The molecule has 0 amide bonds. The Morgan fingerprint density at radius 2 is 1.89 bits per heavy atom. The Labute approximate surface area is 112 Å². The van der Waals surface area contributed by atoms with Crippen molar-refractivity contribution in [1.29, 1.82) is 0 Å². The first-order chi connectivity index (χ1) is 8.84. The van der Waals surface area contributed by atoms with Crippen molar-refractivity contribution in [2.75, 3.05) is 20.8 Å². The predicted octanol–water partition coefficient (Wildman–Crippen LogP) is 0.474. The van der Waals surface area contributed by atoms with Crippen molar-refractivity contribution in [2.45, 2.75) is 17.9 Å². The maximum absolute atomic E-state index is 12.2. The summed E-state index contributed by atoms with van der Waals surface area (Å²) in [5.41, 5.74) is 0.277. The summed E-state index contributed by atoms with van der Waals surface area (Å²) in [6.07, 6.45) is 0. The topological polar surface area (TPSA) is 83.9 Å². The molecule has 0 aliphatic carbocycles. The Morgan fingerprint density at radius 1 is 1.37 bits per heavy atom. The van der Waals surface area contributed by atoms with Crippen molar-refractivity contribution < 1.29 is 23.1 Å². The van der Waals surface area contributed by atoms with Gasteiger partial charge in [0.1, 0.15) is 0 Å². The number of carbonyl (C=O) groups is 1. The van der Waals surface area contributed by atoms with Crippen LogP contribution in [0.15, 0.2) is 29.2 Å². The second-order valence-electron chi connectivity index (χ2n) is 4.07. The highest BCUT2D eigenvalue weighted by Gasteiger charge is 2.25. The second-order valence-corrected chi connectivity index (χ2v) is 6.07. The van der Waals surface area contributed by atoms with Gasteiger partial charge in [-0.2, -0.15) is 4.31 Å². The van der Waals surface area contributed by atoms with Crippen molar-refractivity contribution in [2.24, 2.45) is 0 Å². The number of methoxy groups -OCH3 is 1. The molecule has 0 saturated carbocycles. The number of esters is 1. The number of aliphatic hydroxyl groups excluding tert-OH is 1. The molecule has 1 unspecified atom stereocenters. The molecule has 6 nitrogen and oxygen atoms in total. The minimum absolute atomic E-state index is 0.0583. The van der Waals surface area contributed by atoms with Crippen molar-refractivity contribution in [3.05, 3.63) is 29.8 Å². The van der Waals surface area contributed by atoms with Gasteiger partial charge in [0.05, 0.1) is 24.2 Å². The molecule has 0 saturated heterocycles. The molecule has 0 bridgehead atoms. The van der Waals surface area contributed by atoms with Crippen LogP contribution in [0.25, 0.3) is 0 Å². The van der Waals surface area contributed by atoms with E-state index in [9.17, 15) is 13.2 Å². The number of ether oxygens (including phenoxy) is 1. The van der Waals surface area contributed by atoms with Crippen molar-refractivity contribution in [3.63, 3.8) is 0 Å². The molecule has 0 heterocycles. The van der Waals surface area contributed by atoms with E-state index in [2.05, 4.69) is 4.74 Å². The molecule has 1 aromatic carbocycles.